The van der Waals surface area contributed by atoms with Crippen molar-refractivity contribution in [2.24, 2.45) is 0 Å². The number of carbonyl (C=O) groups excluding carboxylic acids is 2. The molecule has 160 valence electrons. The summed E-state index contributed by atoms with van der Waals surface area (Å²) in [6, 6.07) is 19.5. The molecule has 3 aromatic rings. The Morgan fingerprint density at radius 3 is 2.19 bits per heavy atom. The Labute approximate surface area is 186 Å². The van der Waals surface area contributed by atoms with Crippen molar-refractivity contribution < 1.29 is 14.0 Å². The van der Waals surface area contributed by atoms with E-state index < -0.39 is 17.8 Å². The van der Waals surface area contributed by atoms with Crippen LogP contribution >= 0.6 is 12.8 Å². The zero-order chi connectivity index (χ0) is 22.6. The van der Waals surface area contributed by atoms with Crippen molar-refractivity contribution >= 4 is 41.8 Å². The number of nitrogens with one attached hydrogen (secondary N) is 2. The van der Waals surface area contributed by atoms with E-state index >= 15 is 0 Å². The summed E-state index contributed by atoms with van der Waals surface area (Å²) in [6.07, 6.45) is 0. The number of benzene rings is 3. The van der Waals surface area contributed by atoms with E-state index in [0.29, 0.717) is 17.1 Å². The maximum Gasteiger partial charge on any atom is 0.336 e. The molecule has 0 fully saturated rings. The molecule has 0 saturated carbocycles. The number of amides is 3. The summed E-state index contributed by atoms with van der Waals surface area (Å²) in [7, 11) is 0. The fourth-order valence-corrected chi connectivity index (χ4v) is 3.07. The van der Waals surface area contributed by atoms with Gasteiger partial charge < -0.3 is 10.6 Å². The van der Waals surface area contributed by atoms with Crippen LogP contribution in [0, 0.1) is 5.82 Å². The Hall–Kier alpha value is -3.32. The monoisotopic (exact) mass is 437 g/mol. The van der Waals surface area contributed by atoms with Gasteiger partial charge >= 0.3 is 6.03 Å². The lowest BCUT2D eigenvalue weighted by atomic mass is 9.87. The van der Waals surface area contributed by atoms with Crippen LogP contribution in [0.2, 0.25) is 0 Å². The molecule has 0 aromatic heterocycles. The summed E-state index contributed by atoms with van der Waals surface area (Å²) in [4.78, 5) is 24.8. The molecule has 0 aliphatic rings. The van der Waals surface area contributed by atoms with Gasteiger partial charge in [0.05, 0.1) is 11.3 Å². The molecule has 7 heteroatoms. The predicted molar refractivity (Wildman–Crippen MR) is 126 cm³/mol. The van der Waals surface area contributed by atoms with Crippen LogP contribution in [0.3, 0.4) is 0 Å². The highest BCUT2D eigenvalue weighted by atomic mass is 32.1. The normalized spacial score (nSPS) is 11.0. The number of hydrogen-bond acceptors (Lipinski definition) is 3. The second-order valence-corrected chi connectivity index (χ2v) is 8.45. The Bertz CT molecular complexity index is 1090. The van der Waals surface area contributed by atoms with Crippen molar-refractivity contribution in [1.29, 1.82) is 0 Å². The molecule has 0 bridgehead atoms. The lowest BCUT2D eigenvalue weighted by molar-refractivity contribution is 0.102. The second kappa shape index (κ2) is 9.22. The van der Waals surface area contributed by atoms with E-state index in [4.69, 9.17) is 0 Å². The largest absolute Gasteiger partial charge is 0.336 e. The van der Waals surface area contributed by atoms with Crippen LogP contribution < -0.4 is 14.9 Å². The number of rotatable bonds is 4. The summed E-state index contributed by atoms with van der Waals surface area (Å²) in [5.74, 6) is -1.14. The van der Waals surface area contributed by atoms with E-state index in [9.17, 15) is 14.0 Å². The number of nitrogens with zero attached hydrogens (tertiary/aromatic N) is 1. The summed E-state index contributed by atoms with van der Waals surface area (Å²) >= 11 is 4.29. The first-order chi connectivity index (χ1) is 14.6. The average Bonchev–Trinajstić information content (AvgIpc) is 2.73. The third-order valence-corrected chi connectivity index (χ3v) is 5.07. The number of carbonyl (C=O) groups is 2. The highest BCUT2D eigenvalue weighted by molar-refractivity contribution is 7.82. The van der Waals surface area contributed by atoms with Crippen LogP contribution in [-0.2, 0) is 5.41 Å². The standard InChI is InChI=1S/C24H24FN3O2S/c1-24(2,3)16-7-6-8-18(15-16)27-23(30)28(31)19-13-11-17(12-14-19)26-22(29)20-9-4-5-10-21(20)25/h4-15,31H,1-3H3,(H,26,29)(H,27,30). The molecule has 3 rings (SSSR count). The minimum Gasteiger partial charge on any atom is -0.322 e. The highest BCUT2D eigenvalue weighted by Gasteiger charge is 2.17. The SMILES string of the molecule is CC(C)(C)c1cccc(NC(=O)N(S)c2ccc(NC(=O)c3ccccc3F)cc2)c1. The van der Waals surface area contributed by atoms with E-state index in [1.165, 1.54) is 22.5 Å². The van der Waals surface area contributed by atoms with E-state index in [0.717, 1.165) is 5.56 Å². The van der Waals surface area contributed by atoms with Gasteiger partial charge in [-0.05, 0) is 59.5 Å². The molecule has 0 radical (unpaired) electrons. The van der Waals surface area contributed by atoms with Crippen molar-refractivity contribution in [3.05, 3.63) is 89.7 Å². The zero-order valence-corrected chi connectivity index (χ0v) is 18.4. The molecule has 31 heavy (non-hydrogen) atoms. The quantitative estimate of drug-likeness (QED) is 0.422. The summed E-state index contributed by atoms with van der Waals surface area (Å²) in [5, 5.41) is 5.46. The maximum atomic E-state index is 13.7. The molecular weight excluding hydrogens is 413 g/mol. The van der Waals surface area contributed by atoms with E-state index in [-0.39, 0.29) is 11.0 Å². The van der Waals surface area contributed by atoms with Crippen molar-refractivity contribution in [2.45, 2.75) is 26.2 Å². The topological polar surface area (TPSA) is 61.4 Å². The molecule has 0 heterocycles. The van der Waals surface area contributed by atoms with Gasteiger partial charge in [0.2, 0.25) is 0 Å². The minimum atomic E-state index is -0.592. The Balaban J connectivity index is 1.66. The molecule has 0 aliphatic carbocycles. The van der Waals surface area contributed by atoms with Crippen molar-refractivity contribution in [3.8, 4) is 0 Å². The number of anilines is 3. The zero-order valence-electron chi connectivity index (χ0n) is 17.5. The smallest absolute Gasteiger partial charge is 0.322 e. The molecule has 0 aliphatic heterocycles. The molecule has 5 nitrogen and oxygen atoms in total. The Kier molecular flexibility index (Phi) is 6.65. The maximum absolute atomic E-state index is 13.7. The first kappa shape index (κ1) is 22.4. The second-order valence-electron chi connectivity index (χ2n) is 8.05. The Morgan fingerprint density at radius 1 is 0.871 bits per heavy atom. The number of halogens is 1. The van der Waals surface area contributed by atoms with Gasteiger partial charge in [0, 0.05) is 11.4 Å². The fraction of sp³-hybridized carbons (Fsp3) is 0.167. The van der Waals surface area contributed by atoms with Crippen LogP contribution in [0.4, 0.5) is 26.2 Å². The van der Waals surface area contributed by atoms with E-state index in [1.54, 1.807) is 30.3 Å². The molecule has 3 aromatic carbocycles. The predicted octanol–water partition coefficient (Wildman–Crippen LogP) is 6.26. The molecule has 3 amide bonds. The molecular formula is C24H24FN3O2S. The van der Waals surface area contributed by atoms with E-state index in [1.807, 2.05) is 24.3 Å². The lowest BCUT2D eigenvalue weighted by Crippen LogP contribution is -2.27. The summed E-state index contributed by atoms with van der Waals surface area (Å²) < 4.78 is 14.9. The first-order valence-electron chi connectivity index (χ1n) is 9.71. The van der Waals surface area contributed by atoms with Gasteiger partial charge in [0.15, 0.2) is 0 Å². The van der Waals surface area contributed by atoms with Crippen LogP contribution in [0.25, 0.3) is 0 Å². The van der Waals surface area contributed by atoms with Crippen molar-refractivity contribution in [1.82, 2.24) is 0 Å². The highest BCUT2D eigenvalue weighted by Crippen LogP contribution is 2.26. The minimum absolute atomic E-state index is 0.0374. The number of urea groups is 1. The summed E-state index contributed by atoms with van der Waals surface area (Å²) in [5.41, 5.74) is 2.67. The molecule has 0 spiro atoms. The third-order valence-electron chi connectivity index (χ3n) is 4.66. The molecule has 0 saturated heterocycles. The van der Waals surface area contributed by atoms with E-state index in [2.05, 4.69) is 44.2 Å². The van der Waals surface area contributed by atoms with Crippen LogP contribution in [0.5, 0.6) is 0 Å². The van der Waals surface area contributed by atoms with Crippen molar-refractivity contribution in [2.75, 3.05) is 14.9 Å². The fourth-order valence-electron chi connectivity index (χ4n) is 2.89. The number of hydrogen-bond donors (Lipinski definition) is 3. The van der Waals surface area contributed by atoms with Gasteiger partial charge in [-0.3, -0.25) is 4.79 Å². The van der Waals surface area contributed by atoms with Gasteiger partial charge in [-0.2, -0.15) is 0 Å². The van der Waals surface area contributed by atoms with Crippen LogP contribution in [0.1, 0.15) is 36.7 Å². The molecule has 0 atom stereocenters. The lowest BCUT2D eigenvalue weighted by Gasteiger charge is -2.21. The van der Waals surface area contributed by atoms with Gasteiger partial charge in [0.25, 0.3) is 5.91 Å². The van der Waals surface area contributed by atoms with Crippen molar-refractivity contribution in [3.63, 3.8) is 0 Å². The first-order valence-corrected chi connectivity index (χ1v) is 10.1. The van der Waals surface area contributed by atoms with Gasteiger partial charge in [-0.25, -0.2) is 13.5 Å². The third kappa shape index (κ3) is 5.64. The Morgan fingerprint density at radius 2 is 1.55 bits per heavy atom. The number of thiol groups is 1. The van der Waals surface area contributed by atoms with Crippen LogP contribution in [0.15, 0.2) is 72.8 Å². The summed E-state index contributed by atoms with van der Waals surface area (Å²) in [6.45, 7) is 6.31. The van der Waals surface area contributed by atoms with Gasteiger partial charge in [-0.15, -0.1) is 0 Å². The van der Waals surface area contributed by atoms with Gasteiger partial charge in [-0.1, -0.05) is 57.9 Å². The molecule has 2 N–H and O–H groups in total. The van der Waals surface area contributed by atoms with Crippen LogP contribution in [-0.4, -0.2) is 11.9 Å². The average molecular weight is 438 g/mol. The molecule has 0 unspecified atom stereocenters. The van der Waals surface area contributed by atoms with Gasteiger partial charge in [0.1, 0.15) is 5.82 Å².